The molecule has 2 aromatic rings. The number of benzene rings is 2. The van der Waals surface area contributed by atoms with Gasteiger partial charge in [0.1, 0.15) is 5.75 Å². The summed E-state index contributed by atoms with van der Waals surface area (Å²) in [6.07, 6.45) is 5.37. The Kier molecular flexibility index (Phi) is 5.02. The van der Waals surface area contributed by atoms with Crippen molar-refractivity contribution in [1.29, 1.82) is 0 Å². The second kappa shape index (κ2) is 6.96. The van der Waals surface area contributed by atoms with Gasteiger partial charge in [-0.3, -0.25) is 4.79 Å². The van der Waals surface area contributed by atoms with Crippen LogP contribution in [-0.2, 0) is 0 Å². The molecule has 0 N–H and O–H groups in total. The molecule has 0 saturated carbocycles. The van der Waals surface area contributed by atoms with Crippen LogP contribution in [0.4, 0.5) is 0 Å². The van der Waals surface area contributed by atoms with Gasteiger partial charge in [-0.1, -0.05) is 18.2 Å². The molecule has 0 aromatic heterocycles. The molecule has 0 heterocycles. The summed E-state index contributed by atoms with van der Waals surface area (Å²) < 4.78 is 5.25. The van der Waals surface area contributed by atoms with Crippen LogP contribution in [0.5, 0.6) is 5.75 Å². The lowest BCUT2D eigenvalue weighted by atomic mass is 10.1. The fourth-order valence-electron chi connectivity index (χ4n) is 1.82. The standard InChI is InChI=1S/C17H16O2S/c1-19-17-6-4-3-5-14(17)9-12-16(18)13-7-10-15(20-2)11-8-13/h3-12H,1-2H3/b12-9+. The van der Waals surface area contributed by atoms with E-state index in [2.05, 4.69) is 0 Å². The fraction of sp³-hybridized carbons (Fsp3) is 0.118. The van der Waals surface area contributed by atoms with Gasteiger partial charge in [-0.15, -0.1) is 11.8 Å². The molecule has 0 radical (unpaired) electrons. The van der Waals surface area contributed by atoms with Crippen molar-refractivity contribution in [2.45, 2.75) is 4.90 Å². The minimum Gasteiger partial charge on any atom is -0.496 e. The third-order valence-electron chi connectivity index (χ3n) is 2.93. The third kappa shape index (κ3) is 3.52. The molecule has 0 spiro atoms. The molecule has 2 aromatic carbocycles. The van der Waals surface area contributed by atoms with Crippen molar-refractivity contribution in [3.05, 3.63) is 65.7 Å². The summed E-state index contributed by atoms with van der Waals surface area (Å²) >= 11 is 1.66. The van der Waals surface area contributed by atoms with Gasteiger partial charge in [-0.25, -0.2) is 0 Å². The summed E-state index contributed by atoms with van der Waals surface area (Å²) in [5, 5.41) is 0. The average Bonchev–Trinajstić information content (AvgIpc) is 2.53. The van der Waals surface area contributed by atoms with Crippen molar-refractivity contribution in [3.63, 3.8) is 0 Å². The van der Waals surface area contributed by atoms with E-state index in [0.29, 0.717) is 5.56 Å². The summed E-state index contributed by atoms with van der Waals surface area (Å²) in [5.41, 5.74) is 1.58. The van der Waals surface area contributed by atoms with E-state index in [1.54, 1.807) is 31.0 Å². The Labute approximate surface area is 123 Å². The van der Waals surface area contributed by atoms with E-state index in [9.17, 15) is 4.79 Å². The Hall–Kier alpha value is -2.00. The number of ketones is 1. The predicted octanol–water partition coefficient (Wildman–Crippen LogP) is 4.31. The number of hydrogen-bond donors (Lipinski definition) is 0. The zero-order chi connectivity index (χ0) is 14.4. The zero-order valence-electron chi connectivity index (χ0n) is 11.5. The molecule has 0 unspecified atom stereocenters. The summed E-state index contributed by atoms with van der Waals surface area (Å²) in [4.78, 5) is 13.2. The van der Waals surface area contributed by atoms with Crippen molar-refractivity contribution < 1.29 is 9.53 Å². The Balaban J connectivity index is 2.15. The van der Waals surface area contributed by atoms with Gasteiger partial charge in [0.2, 0.25) is 0 Å². The van der Waals surface area contributed by atoms with Crippen LogP contribution in [0.1, 0.15) is 15.9 Å². The van der Waals surface area contributed by atoms with Crippen molar-refractivity contribution in [2.24, 2.45) is 0 Å². The van der Waals surface area contributed by atoms with Gasteiger partial charge >= 0.3 is 0 Å². The van der Waals surface area contributed by atoms with Crippen LogP contribution in [0, 0.1) is 0 Å². The molecule has 0 aliphatic carbocycles. The van der Waals surface area contributed by atoms with Crippen molar-refractivity contribution in [3.8, 4) is 5.75 Å². The van der Waals surface area contributed by atoms with Gasteiger partial charge in [0.25, 0.3) is 0 Å². The normalized spacial score (nSPS) is 10.7. The monoisotopic (exact) mass is 284 g/mol. The SMILES string of the molecule is COc1ccccc1/C=C/C(=O)c1ccc(SC)cc1. The number of carbonyl (C=O) groups is 1. The number of rotatable bonds is 5. The van der Waals surface area contributed by atoms with Crippen LogP contribution >= 0.6 is 11.8 Å². The van der Waals surface area contributed by atoms with Gasteiger partial charge < -0.3 is 4.74 Å². The fourth-order valence-corrected chi connectivity index (χ4v) is 2.23. The average molecular weight is 284 g/mol. The van der Waals surface area contributed by atoms with Crippen LogP contribution < -0.4 is 4.74 Å². The predicted molar refractivity (Wildman–Crippen MR) is 84.6 cm³/mol. The van der Waals surface area contributed by atoms with E-state index in [-0.39, 0.29) is 5.78 Å². The van der Waals surface area contributed by atoms with E-state index in [1.807, 2.05) is 54.8 Å². The maximum Gasteiger partial charge on any atom is 0.185 e. The maximum absolute atomic E-state index is 12.1. The smallest absolute Gasteiger partial charge is 0.185 e. The molecule has 0 aliphatic rings. The third-order valence-corrected chi connectivity index (χ3v) is 3.67. The number of para-hydroxylation sites is 1. The lowest BCUT2D eigenvalue weighted by molar-refractivity contribution is 0.104. The Bertz CT molecular complexity index is 615. The molecule has 3 heteroatoms. The van der Waals surface area contributed by atoms with E-state index in [1.165, 1.54) is 0 Å². The van der Waals surface area contributed by atoms with Crippen molar-refractivity contribution in [1.82, 2.24) is 0 Å². The minimum atomic E-state index is -0.0106. The highest BCUT2D eigenvalue weighted by atomic mass is 32.2. The Morgan fingerprint density at radius 3 is 2.45 bits per heavy atom. The second-order valence-electron chi connectivity index (χ2n) is 4.17. The molecule has 0 atom stereocenters. The van der Waals surface area contributed by atoms with Gasteiger partial charge in [0.15, 0.2) is 5.78 Å². The number of ether oxygens (including phenoxy) is 1. The highest BCUT2D eigenvalue weighted by molar-refractivity contribution is 7.98. The maximum atomic E-state index is 12.1. The number of carbonyl (C=O) groups excluding carboxylic acids is 1. The first-order valence-electron chi connectivity index (χ1n) is 6.24. The minimum absolute atomic E-state index is 0.0106. The molecule has 0 fully saturated rings. The highest BCUT2D eigenvalue weighted by Gasteiger charge is 2.03. The van der Waals surface area contributed by atoms with Crippen LogP contribution in [-0.4, -0.2) is 19.1 Å². The zero-order valence-corrected chi connectivity index (χ0v) is 12.3. The molecular formula is C17H16O2S. The quantitative estimate of drug-likeness (QED) is 0.465. The first-order valence-corrected chi connectivity index (χ1v) is 7.46. The van der Waals surface area contributed by atoms with Crippen molar-refractivity contribution >= 4 is 23.6 Å². The molecule has 0 aliphatic heterocycles. The molecule has 0 amide bonds. The number of allylic oxidation sites excluding steroid dienone is 1. The van der Waals surface area contributed by atoms with Crippen LogP contribution in [0.2, 0.25) is 0 Å². The highest BCUT2D eigenvalue weighted by Crippen LogP contribution is 2.19. The van der Waals surface area contributed by atoms with E-state index in [4.69, 9.17) is 4.74 Å². The van der Waals surface area contributed by atoms with Gasteiger partial charge in [-0.05, 0) is 48.7 Å². The lowest BCUT2D eigenvalue weighted by Gasteiger charge is -2.03. The van der Waals surface area contributed by atoms with Crippen molar-refractivity contribution in [2.75, 3.05) is 13.4 Å². The first-order chi connectivity index (χ1) is 9.74. The lowest BCUT2D eigenvalue weighted by Crippen LogP contribution is -1.94. The largest absolute Gasteiger partial charge is 0.496 e. The summed E-state index contributed by atoms with van der Waals surface area (Å²) in [5.74, 6) is 0.748. The Morgan fingerprint density at radius 2 is 1.80 bits per heavy atom. The molecule has 102 valence electrons. The Morgan fingerprint density at radius 1 is 1.10 bits per heavy atom. The molecule has 2 rings (SSSR count). The first kappa shape index (κ1) is 14.4. The van der Waals surface area contributed by atoms with Gasteiger partial charge in [0.05, 0.1) is 7.11 Å². The van der Waals surface area contributed by atoms with Crippen LogP contribution in [0.3, 0.4) is 0 Å². The van der Waals surface area contributed by atoms with Gasteiger partial charge in [-0.2, -0.15) is 0 Å². The summed E-state index contributed by atoms with van der Waals surface area (Å²) in [6.45, 7) is 0. The number of thioether (sulfide) groups is 1. The summed E-state index contributed by atoms with van der Waals surface area (Å²) in [7, 11) is 1.62. The molecule has 20 heavy (non-hydrogen) atoms. The van der Waals surface area contributed by atoms with E-state index in [0.717, 1.165) is 16.2 Å². The topological polar surface area (TPSA) is 26.3 Å². The summed E-state index contributed by atoms with van der Waals surface area (Å²) in [6, 6.07) is 15.2. The molecular weight excluding hydrogens is 268 g/mol. The second-order valence-corrected chi connectivity index (χ2v) is 5.05. The number of hydrogen-bond acceptors (Lipinski definition) is 3. The molecule has 2 nitrogen and oxygen atoms in total. The van der Waals surface area contributed by atoms with Gasteiger partial charge in [0, 0.05) is 16.0 Å². The molecule has 0 bridgehead atoms. The van der Waals surface area contributed by atoms with Crippen LogP contribution in [0.25, 0.3) is 6.08 Å². The number of methoxy groups -OCH3 is 1. The van der Waals surface area contributed by atoms with E-state index >= 15 is 0 Å². The van der Waals surface area contributed by atoms with Crippen LogP contribution in [0.15, 0.2) is 59.5 Å². The van der Waals surface area contributed by atoms with E-state index < -0.39 is 0 Å². The molecule has 0 saturated heterocycles.